The predicted octanol–water partition coefficient (Wildman–Crippen LogP) is 12.3. The Hall–Kier alpha value is 8.83. The topological polar surface area (TPSA) is 0 Å². The van der Waals surface area contributed by atoms with E-state index in [1.165, 1.54) is 0 Å². The van der Waals surface area contributed by atoms with Gasteiger partial charge in [0.1, 0.15) is 0 Å². The Labute approximate surface area is 351 Å². The standard InChI is InChI=1S/C18H36Se6.4AsCl3/c1-7-19-9-2-11-21-13-4-15-23-17-6-18-24-16-5-14-22-12-3-10-20-8-1;4*2-1(3)4/h1-18H2;;;;. The van der Waals surface area contributed by atoms with Crippen LogP contribution in [0.4, 0.5) is 0 Å². The molecule has 0 radical (unpaired) electrons. The molecule has 1 aliphatic rings. The van der Waals surface area contributed by atoms with E-state index in [0.29, 0.717) is 0 Å². The SMILES string of the molecule is C1C[Se]CCC[Se]CCC[Se]CCC[Se]CCC[Se]CCC[Se]C1.Cl[As](Cl)Cl.Cl[As](Cl)Cl.Cl[As](Cl)Cl.Cl[As](Cl)Cl. The summed E-state index contributed by atoms with van der Waals surface area (Å²) in [6.45, 7) is 0. The predicted molar refractivity (Wildman–Crippen MR) is 213 cm³/mol. The summed E-state index contributed by atoms with van der Waals surface area (Å²) in [7, 11) is 59.4. The van der Waals surface area contributed by atoms with Crippen LogP contribution in [0.1, 0.15) is 38.5 Å². The van der Waals surface area contributed by atoms with Gasteiger partial charge in [0.2, 0.25) is 0 Å². The third-order valence-corrected chi connectivity index (χ3v) is 18.0. The fraction of sp³-hybridized carbons (Fsp3) is 1.00. The van der Waals surface area contributed by atoms with Crippen LogP contribution in [0, 0.1) is 0 Å². The molecule has 1 rings (SSSR count). The van der Waals surface area contributed by atoms with Gasteiger partial charge in [-0.25, -0.2) is 0 Å². The molecule has 0 aromatic carbocycles. The molecule has 0 bridgehead atoms. The van der Waals surface area contributed by atoms with E-state index in [-0.39, 0.29) is 0 Å². The zero-order valence-corrected chi connectivity index (χ0v) is 48.4. The quantitative estimate of drug-likeness (QED) is 0.212. The van der Waals surface area contributed by atoms with Crippen LogP contribution in [-0.2, 0) is 0 Å². The summed E-state index contributed by atoms with van der Waals surface area (Å²) in [5.41, 5.74) is 0. The number of halogens is 12. The molecule has 1 saturated heterocycles. The van der Waals surface area contributed by atoms with Crippen molar-refractivity contribution in [2.75, 3.05) is 0 Å². The van der Waals surface area contributed by atoms with Crippen LogP contribution in [-0.4, -0.2) is 137 Å². The first-order valence-electron chi connectivity index (χ1n) is 11.5. The molecular formula is C18H36As4Cl12Se6. The molecule has 40 heavy (non-hydrogen) atoms. The van der Waals surface area contributed by atoms with Crippen LogP contribution in [0.2, 0.25) is 63.8 Å². The van der Waals surface area contributed by atoms with Gasteiger partial charge in [-0.1, -0.05) is 0 Å². The fourth-order valence-electron chi connectivity index (χ4n) is 2.19. The summed E-state index contributed by atoms with van der Waals surface area (Å²) in [6, 6.07) is 0. The van der Waals surface area contributed by atoms with Gasteiger partial charge in [-0.2, -0.15) is 0 Å². The molecule has 0 saturated carbocycles. The molecule has 22 heteroatoms. The second-order valence-electron chi connectivity index (χ2n) is 6.56. The molecule has 0 N–H and O–H groups in total. The molecule has 0 aromatic rings. The number of hydrogen-bond acceptors (Lipinski definition) is 0. The molecule has 1 heterocycles. The average Bonchev–Trinajstić information content (AvgIpc) is 2.81. The molecule has 0 atom stereocenters. The summed E-state index contributed by atoms with van der Waals surface area (Å²) in [4.78, 5) is 0. The molecule has 0 spiro atoms. The summed E-state index contributed by atoms with van der Waals surface area (Å²) >= 11 is -1.12. The Morgan fingerprint density at radius 3 is 0.375 bits per heavy atom. The molecule has 248 valence electrons. The Balaban J connectivity index is -0.000000330. The molecule has 0 aromatic heterocycles. The van der Waals surface area contributed by atoms with E-state index in [9.17, 15) is 0 Å². The maximum atomic E-state index is 4.95. The van der Waals surface area contributed by atoms with Crippen molar-refractivity contribution in [2.24, 2.45) is 0 Å². The van der Waals surface area contributed by atoms with Gasteiger partial charge in [0.25, 0.3) is 0 Å². The summed E-state index contributed by atoms with van der Waals surface area (Å²) in [6.07, 6.45) is 9.42. The van der Waals surface area contributed by atoms with Crippen molar-refractivity contribution >= 4 is 256 Å². The molecular weight excluding hydrogens is 1420 g/mol. The van der Waals surface area contributed by atoms with E-state index in [1.807, 2.05) is 0 Å². The van der Waals surface area contributed by atoms with Gasteiger partial charge in [-0.3, -0.25) is 0 Å². The molecule has 0 nitrogen and oxygen atoms in total. The number of hydrogen-bond donors (Lipinski definition) is 0. The van der Waals surface area contributed by atoms with Crippen molar-refractivity contribution in [1.82, 2.24) is 0 Å². The number of rotatable bonds is 0. The third-order valence-electron chi connectivity index (χ3n) is 3.46. The van der Waals surface area contributed by atoms with E-state index in [1.54, 1.807) is 102 Å². The van der Waals surface area contributed by atoms with Gasteiger partial charge in [0, 0.05) is 0 Å². The van der Waals surface area contributed by atoms with Crippen molar-refractivity contribution < 1.29 is 0 Å². The Morgan fingerprint density at radius 2 is 0.300 bits per heavy atom. The van der Waals surface area contributed by atoms with Crippen molar-refractivity contribution in [3.05, 3.63) is 0 Å². The Morgan fingerprint density at radius 1 is 0.225 bits per heavy atom. The summed E-state index contributed by atoms with van der Waals surface area (Å²) < 4.78 is 0. The normalized spacial score (nSPS) is 18.0. The van der Waals surface area contributed by atoms with E-state index in [0.717, 1.165) is 89.7 Å². The summed E-state index contributed by atoms with van der Waals surface area (Å²) in [5, 5.41) is 19.1. The second kappa shape index (κ2) is 52.2. The minimum atomic E-state index is -1.77. The fourth-order valence-corrected chi connectivity index (χ4v) is 19.1. The molecule has 1 aliphatic heterocycles. The first-order chi connectivity index (χ1) is 18.9. The first-order valence-corrected chi connectivity index (χ1v) is 55.6. The van der Waals surface area contributed by atoms with Crippen molar-refractivity contribution in [2.45, 2.75) is 102 Å². The van der Waals surface area contributed by atoms with Gasteiger partial charge in [0.15, 0.2) is 0 Å². The van der Waals surface area contributed by atoms with Gasteiger partial charge in [0.05, 0.1) is 0 Å². The molecule has 0 unspecified atom stereocenters. The Bertz CT molecular complexity index is 290. The van der Waals surface area contributed by atoms with Gasteiger partial charge in [-0.15, -0.1) is 0 Å². The average molecular weight is 1450 g/mol. The van der Waals surface area contributed by atoms with Gasteiger partial charge < -0.3 is 0 Å². The minimum absolute atomic E-state index is 0.994. The van der Waals surface area contributed by atoms with Crippen LogP contribution in [0.3, 0.4) is 0 Å². The Kier molecular flexibility index (Phi) is 72.5. The van der Waals surface area contributed by atoms with E-state index >= 15 is 0 Å². The second-order valence-corrected chi connectivity index (χ2v) is 57.1. The maximum absolute atomic E-state index is 4.95. The van der Waals surface area contributed by atoms with Crippen LogP contribution < -0.4 is 0 Å². The molecule has 0 amide bonds. The zero-order chi connectivity index (χ0) is 31.3. The first kappa shape index (κ1) is 55.6. The van der Waals surface area contributed by atoms with E-state index in [4.69, 9.17) is 119 Å². The zero-order valence-electron chi connectivity index (χ0n) is 21.5. The monoisotopic (exact) mass is 1450 g/mol. The van der Waals surface area contributed by atoms with Crippen LogP contribution in [0.5, 0.6) is 0 Å². The van der Waals surface area contributed by atoms with E-state index < -0.39 is 47.3 Å². The molecule has 0 aliphatic carbocycles. The third kappa shape index (κ3) is 91.3. The van der Waals surface area contributed by atoms with Crippen LogP contribution >= 0.6 is 119 Å². The van der Waals surface area contributed by atoms with Crippen molar-refractivity contribution in [3.63, 3.8) is 0 Å². The molecule has 1 fully saturated rings. The van der Waals surface area contributed by atoms with Gasteiger partial charge in [-0.05, 0) is 0 Å². The van der Waals surface area contributed by atoms with Crippen molar-refractivity contribution in [3.8, 4) is 0 Å². The summed E-state index contributed by atoms with van der Waals surface area (Å²) in [5.74, 6) is 0. The van der Waals surface area contributed by atoms with Crippen LogP contribution in [0.15, 0.2) is 0 Å². The van der Waals surface area contributed by atoms with Crippen LogP contribution in [0.25, 0.3) is 0 Å². The van der Waals surface area contributed by atoms with Crippen molar-refractivity contribution in [1.29, 1.82) is 0 Å². The van der Waals surface area contributed by atoms with E-state index in [2.05, 4.69) is 0 Å². The van der Waals surface area contributed by atoms with Gasteiger partial charge >= 0.3 is 359 Å².